The minimum atomic E-state index is -0.366. The first kappa shape index (κ1) is 20.6. The second kappa shape index (κ2) is 9.38. The topological polar surface area (TPSA) is 81.1 Å². The number of carbonyl (C=O) groups excluding carboxylic acids is 1. The fraction of sp³-hybridized carbons (Fsp3) is 0.316. The first-order valence-corrected chi connectivity index (χ1v) is 9.97. The summed E-state index contributed by atoms with van der Waals surface area (Å²) in [4.78, 5) is 19.8. The van der Waals surface area contributed by atoms with E-state index >= 15 is 0 Å². The number of halogens is 1. The molecule has 2 N–H and O–H groups in total. The predicted octanol–water partition coefficient (Wildman–Crippen LogP) is 2.85. The minimum Gasteiger partial charge on any atom is -0.507 e. The zero-order valence-electron chi connectivity index (χ0n) is 15.7. The third kappa shape index (κ3) is 5.45. The van der Waals surface area contributed by atoms with Gasteiger partial charge in [-0.3, -0.25) is 9.78 Å². The number of nitrogens with zero attached hydrogens (tertiary/aromatic N) is 4. The predicted molar refractivity (Wildman–Crippen MR) is 112 cm³/mol. The van der Waals surface area contributed by atoms with Crippen LogP contribution in [0.4, 0.5) is 0 Å². The Bertz CT molecular complexity index is 884. The molecular weight excluding hydrogens is 398 g/mol. The van der Waals surface area contributed by atoms with Crippen molar-refractivity contribution in [3.8, 4) is 5.75 Å². The molecule has 1 fully saturated rings. The maximum absolute atomic E-state index is 12.4. The molecule has 0 atom stereocenters. The van der Waals surface area contributed by atoms with E-state index in [1.165, 1.54) is 12.3 Å². The van der Waals surface area contributed by atoms with E-state index < -0.39 is 0 Å². The molecule has 7 nitrogen and oxygen atoms in total. The fourth-order valence-electron chi connectivity index (χ4n) is 2.68. The van der Waals surface area contributed by atoms with Crippen LogP contribution < -0.4 is 5.43 Å². The Morgan fingerprint density at radius 2 is 2.00 bits per heavy atom. The Hall–Kier alpha value is -2.13. The number of piperazine rings is 1. The summed E-state index contributed by atoms with van der Waals surface area (Å²) >= 11 is 7.56. The Morgan fingerprint density at radius 3 is 2.75 bits per heavy atom. The lowest BCUT2D eigenvalue weighted by molar-refractivity contribution is 0.0954. The summed E-state index contributed by atoms with van der Waals surface area (Å²) in [6, 6.07) is 6.46. The third-order valence-corrected chi connectivity index (χ3v) is 5.64. The van der Waals surface area contributed by atoms with Gasteiger partial charge in [-0.15, -0.1) is 0 Å². The van der Waals surface area contributed by atoms with Crippen LogP contribution in [0.2, 0.25) is 5.02 Å². The van der Waals surface area contributed by atoms with Crippen LogP contribution >= 0.6 is 23.5 Å². The molecule has 0 saturated carbocycles. The molecule has 1 amide bonds. The van der Waals surface area contributed by atoms with Crippen molar-refractivity contribution in [1.29, 1.82) is 0 Å². The highest BCUT2D eigenvalue weighted by molar-refractivity contribution is 7.97. The zero-order chi connectivity index (χ0) is 20.1. The number of carbonyl (C=O) groups is 1. The molecule has 2 heterocycles. The highest BCUT2D eigenvalue weighted by Gasteiger charge is 2.16. The van der Waals surface area contributed by atoms with Gasteiger partial charge in [0.2, 0.25) is 0 Å². The minimum absolute atomic E-state index is 0.0483. The molecule has 9 heteroatoms. The van der Waals surface area contributed by atoms with E-state index in [9.17, 15) is 9.90 Å². The number of rotatable bonds is 5. The largest absolute Gasteiger partial charge is 0.507 e. The number of likely N-dealkylation sites (N-methyl/N-ethyl adjacent to an activating group) is 1. The van der Waals surface area contributed by atoms with Crippen LogP contribution in [-0.4, -0.2) is 64.1 Å². The molecule has 1 aliphatic heterocycles. The number of aromatic nitrogens is 1. The second-order valence-corrected chi connectivity index (χ2v) is 8.14. The summed E-state index contributed by atoms with van der Waals surface area (Å²) in [6.07, 6.45) is 3.25. The summed E-state index contributed by atoms with van der Waals surface area (Å²) in [6.45, 7) is 5.65. The van der Waals surface area contributed by atoms with Gasteiger partial charge in [0.05, 0.1) is 11.3 Å². The number of phenolic OH excluding ortho intramolecular Hbond substituents is 1. The number of pyridine rings is 1. The lowest BCUT2D eigenvalue weighted by Crippen LogP contribution is -2.41. The molecule has 1 aliphatic rings. The molecular formula is C19H22ClN5O2S. The van der Waals surface area contributed by atoms with Gasteiger partial charge < -0.3 is 10.0 Å². The van der Waals surface area contributed by atoms with Gasteiger partial charge in [-0.1, -0.05) is 11.6 Å². The zero-order valence-corrected chi connectivity index (χ0v) is 17.3. The molecule has 1 aromatic carbocycles. The van der Waals surface area contributed by atoms with E-state index in [0.29, 0.717) is 21.9 Å². The molecule has 0 unspecified atom stereocenters. The van der Waals surface area contributed by atoms with Gasteiger partial charge in [0.15, 0.2) is 0 Å². The van der Waals surface area contributed by atoms with Crippen molar-refractivity contribution in [3.63, 3.8) is 0 Å². The summed E-state index contributed by atoms with van der Waals surface area (Å²) < 4.78 is 2.27. The van der Waals surface area contributed by atoms with Gasteiger partial charge in [-0.2, -0.15) is 5.10 Å². The van der Waals surface area contributed by atoms with E-state index in [0.717, 1.165) is 31.1 Å². The Morgan fingerprint density at radius 1 is 1.25 bits per heavy atom. The number of phenols is 1. The standard InChI is InChI=1S/C19H22ClN5O2S/c1-13(17-10-15(20)3-4-18(17)26)22-23-19(27)14-9-16(12-21-11-14)28-25-7-5-24(2)6-8-25/h3-4,9-12,26H,5-8H2,1-2H3,(H,23,27)/b22-13+. The molecule has 2 aromatic rings. The lowest BCUT2D eigenvalue weighted by atomic mass is 10.1. The quantitative estimate of drug-likeness (QED) is 0.440. The SMILES string of the molecule is C/C(=N\NC(=O)c1cncc(SN2CCN(C)CC2)c1)c1cc(Cl)ccc1O. The monoisotopic (exact) mass is 419 g/mol. The van der Waals surface area contributed by atoms with Crippen molar-refractivity contribution in [1.82, 2.24) is 19.6 Å². The average molecular weight is 420 g/mol. The molecule has 0 radical (unpaired) electrons. The fourth-order valence-corrected chi connectivity index (χ4v) is 3.78. The maximum atomic E-state index is 12.4. The molecule has 0 spiro atoms. The molecule has 28 heavy (non-hydrogen) atoms. The average Bonchev–Trinajstić information content (AvgIpc) is 2.69. The Kier molecular flexibility index (Phi) is 6.90. The van der Waals surface area contributed by atoms with Gasteiger partial charge in [0, 0.05) is 54.1 Å². The van der Waals surface area contributed by atoms with Crippen LogP contribution in [0.3, 0.4) is 0 Å². The second-order valence-electron chi connectivity index (χ2n) is 6.53. The maximum Gasteiger partial charge on any atom is 0.272 e. The molecule has 148 valence electrons. The van der Waals surface area contributed by atoms with Crippen molar-refractivity contribution >= 4 is 35.2 Å². The van der Waals surface area contributed by atoms with Gasteiger partial charge in [0.1, 0.15) is 5.75 Å². The van der Waals surface area contributed by atoms with E-state index in [4.69, 9.17) is 11.6 Å². The van der Waals surface area contributed by atoms with Crippen LogP contribution in [0, 0.1) is 0 Å². The number of amides is 1. The number of benzene rings is 1. The molecule has 1 saturated heterocycles. The van der Waals surface area contributed by atoms with Gasteiger partial charge in [0.25, 0.3) is 5.91 Å². The van der Waals surface area contributed by atoms with E-state index in [2.05, 4.69) is 31.8 Å². The number of hydrazone groups is 1. The van der Waals surface area contributed by atoms with Crippen LogP contribution in [0.25, 0.3) is 0 Å². The number of hydrogen-bond acceptors (Lipinski definition) is 7. The van der Waals surface area contributed by atoms with Crippen LogP contribution in [0.15, 0.2) is 46.7 Å². The van der Waals surface area contributed by atoms with Gasteiger partial charge in [-0.25, -0.2) is 9.73 Å². The van der Waals surface area contributed by atoms with Crippen LogP contribution in [0.5, 0.6) is 5.75 Å². The van der Waals surface area contributed by atoms with E-state index in [-0.39, 0.29) is 11.7 Å². The smallest absolute Gasteiger partial charge is 0.272 e. The van der Waals surface area contributed by atoms with Crippen molar-refractivity contribution in [2.45, 2.75) is 11.8 Å². The highest BCUT2D eigenvalue weighted by atomic mass is 35.5. The summed E-state index contributed by atoms with van der Waals surface area (Å²) in [5, 5.41) is 14.5. The molecule has 0 bridgehead atoms. The lowest BCUT2D eigenvalue weighted by Gasteiger charge is -2.31. The third-order valence-electron chi connectivity index (χ3n) is 4.35. The number of nitrogens with one attached hydrogen (secondary N) is 1. The van der Waals surface area contributed by atoms with Crippen molar-refractivity contribution in [2.24, 2.45) is 5.10 Å². The van der Waals surface area contributed by atoms with Crippen molar-refractivity contribution in [3.05, 3.63) is 52.8 Å². The first-order valence-electron chi connectivity index (χ1n) is 8.82. The number of aromatic hydroxyl groups is 1. The molecule has 1 aromatic heterocycles. The van der Waals surface area contributed by atoms with E-state index in [1.807, 2.05) is 0 Å². The molecule has 3 rings (SSSR count). The highest BCUT2D eigenvalue weighted by Crippen LogP contribution is 2.24. The summed E-state index contributed by atoms with van der Waals surface area (Å²) in [7, 11) is 2.11. The van der Waals surface area contributed by atoms with Crippen molar-refractivity contribution < 1.29 is 9.90 Å². The first-order chi connectivity index (χ1) is 13.4. The van der Waals surface area contributed by atoms with Crippen molar-refractivity contribution in [2.75, 3.05) is 33.2 Å². The van der Waals surface area contributed by atoms with E-state index in [1.54, 1.807) is 43.3 Å². The Balaban J connectivity index is 1.65. The normalized spacial score (nSPS) is 16.2. The molecule has 0 aliphatic carbocycles. The summed E-state index contributed by atoms with van der Waals surface area (Å²) in [5.41, 5.74) is 3.84. The Labute approximate surface area is 173 Å². The van der Waals surface area contributed by atoms with Gasteiger partial charge in [-0.05, 0) is 50.2 Å². The van der Waals surface area contributed by atoms with Gasteiger partial charge >= 0.3 is 0 Å². The summed E-state index contributed by atoms with van der Waals surface area (Å²) in [5.74, 6) is -0.318. The van der Waals surface area contributed by atoms with Crippen LogP contribution in [-0.2, 0) is 0 Å². The number of hydrogen-bond donors (Lipinski definition) is 2. The van der Waals surface area contributed by atoms with Crippen LogP contribution in [0.1, 0.15) is 22.8 Å².